The van der Waals surface area contributed by atoms with Crippen LogP contribution in [0.1, 0.15) is 34.6 Å². The van der Waals surface area contributed by atoms with Crippen LogP contribution in [0.3, 0.4) is 0 Å². The van der Waals surface area contributed by atoms with Crippen LogP contribution < -0.4 is 10.6 Å². The Labute approximate surface area is 122 Å². The van der Waals surface area contributed by atoms with Gasteiger partial charge in [0.1, 0.15) is 23.3 Å². The molecular weight excluding hydrogens is 252 g/mol. The van der Waals surface area contributed by atoms with Gasteiger partial charge in [-0.2, -0.15) is 0 Å². The molecule has 1 aliphatic carbocycles. The molecule has 20 heavy (non-hydrogen) atoms. The molecule has 110 valence electrons. The molecule has 0 fully saturated rings. The number of carbonyl (C=O) groups excluding carboxylic acids is 1. The second kappa shape index (κ2) is 7.22. The van der Waals surface area contributed by atoms with Crippen molar-refractivity contribution in [2.45, 2.75) is 40.2 Å². The Morgan fingerprint density at radius 1 is 1.40 bits per heavy atom. The first-order valence-electron chi connectivity index (χ1n) is 6.97. The second-order valence-electron chi connectivity index (χ2n) is 6.23. The summed E-state index contributed by atoms with van der Waals surface area (Å²) < 4.78 is 5.25. The van der Waals surface area contributed by atoms with Gasteiger partial charge in [-0.25, -0.2) is 10.1 Å². The van der Waals surface area contributed by atoms with E-state index < -0.39 is 11.7 Å². The molecule has 1 amide bonds. The van der Waals surface area contributed by atoms with Crippen LogP contribution in [-0.4, -0.2) is 24.8 Å². The Morgan fingerprint density at radius 2 is 2.10 bits per heavy atom. The largest absolute Gasteiger partial charge is 0.443 e. The third-order valence-corrected chi connectivity index (χ3v) is 2.46. The first-order chi connectivity index (χ1) is 9.28. The molecular formula is C16H25N2O2+. The van der Waals surface area contributed by atoms with Gasteiger partial charge in [0.05, 0.1) is 6.08 Å². The van der Waals surface area contributed by atoms with Crippen LogP contribution in [0.15, 0.2) is 29.5 Å². The molecule has 0 saturated carbocycles. The minimum atomic E-state index is -0.501. The summed E-state index contributed by atoms with van der Waals surface area (Å²) in [6, 6.07) is 0. The van der Waals surface area contributed by atoms with E-state index >= 15 is 0 Å². The Bertz CT molecular complexity index is 426. The molecule has 4 heteroatoms. The number of alkyl carbamates (subject to hydrolysis) is 1. The van der Waals surface area contributed by atoms with Gasteiger partial charge in [-0.15, -0.1) is 0 Å². The smallest absolute Gasteiger partial charge is 0.424 e. The van der Waals surface area contributed by atoms with Crippen LogP contribution in [-0.2, 0) is 4.74 Å². The van der Waals surface area contributed by atoms with Crippen molar-refractivity contribution in [1.29, 1.82) is 0 Å². The number of nitrogens with one attached hydrogen (secondary N) is 2. The van der Waals surface area contributed by atoms with Crippen molar-refractivity contribution in [3.05, 3.63) is 35.6 Å². The SMILES string of the molecule is CC(C)CNCC1=C(NC(=O)OC(C)(C)C)C=[C+]C=C1. The average Bonchev–Trinajstić information content (AvgIpc) is 2.28. The summed E-state index contributed by atoms with van der Waals surface area (Å²) in [4.78, 5) is 11.8. The summed E-state index contributed by atoms with van der Waals surface area (Å²) in [6.45, 7) is 11.5. The highest BCUT2D eigenvalue weighted by Gasteiger charge is 2.21. The first kappa shape index (κ1) is 16.4. The number of hydrogen-bond acceptors (Lipinski definition) is 3. The van der Waals surface area contributed by atoms with Crippen molar-refractivity contribution in [1.82, 2.24) is 10.6 Å². The van der Waals surface area contributed by atoms with Gasteiger partial charge in [0, 0.05) is 12.6 Å². The minimum absolute atomic E-state index is 0.442. The maximum Gasteiger partial charge on any atom is 0.424 e. The lowest BCUT2D eigenvalue weighted by Gasteiger charge is -2.19. The first-order valence-corrected chi connectivity index (χ1v) is 6.97. The van der Waals surface area contributed by atoms with Gasteiger partial charge in [0.15, 0.2) is 5.70 Å². The number of ether oxygens (including phenoxy) is 1. The van der Waals surface area contributed by atoms with Gasteiger partial charge in [0.25, 0.3) is 0 Å². The fourth-order valence-electron chi connectivity index (χ4n) is 1.64. The van der Waals surface area contributed by atoms with E-state index in [1.54, 1.807) is 6.08 Å². The number of hydrogen-bond donors (Lipinski definition) is 2. The van der Waals surface area contributed by atoms with E-state index in [-0.39, 0.29) is 0 Å². The second-order valence-corrected chi connectivity index (χ2v) is 6.23. The van der Waals surface area contributed by atoms with Gasteiger partial charge >= 0.3 is 6.09 Å². The zero-order valence-corrected chi connectivity index (χ0v) is 13.0. The van der Waals surface area contributed by atoms with Gasteiger partial charge in [-0.1, -0.05) is 13.8 Å². The molecule has 2 N–H and O–H groups in total. The number of amides is 1. The summed E-state index contributed by atoms with van der Waals surface area (Å²) in [6.07, 6.45) is 8.07. The van der Waals surface area contributed by atoms with Crippen LogP contribution >= 0.6 is 0 Å². The van der Waals surface area contributed by atoms with Crippen LogP contribution in [0.25, 0.3) is 0 Å². The van der Waals surface area contributed by atoms with Gasteiger partial charge in [-0.3, -0.25) is 0 Å². The van der Waals surface area contributed by atoms with Crippen LogP contribution in [0.4, 0.5) is 4.79 Å². The molecule has 0 heterocycles. The topological polar surface area (TPSA) is 50.4 Å². The highest BCUT2D eigenvalue weighted by Crippen LogP contribution is 2.12. The molecule has 0 bridgehead atoms. The fourth-order valence-corrected chi connectivity index (χ4v) is 1.64. The zero-order chi connectivity index (χ0) is 15.2. The van der Waals surface area contributed by atoms with E-state index in [9.17, 15) is 4.79 Å². The molecule has 0 aromatic rings. The number of allylic oxidation sites excluding steroid dienone is 3. The summed E-state index contributed by atoms with van der Waals surface area (Å²) in [7, 11) is 0. The monoisotopic (exact) mass is 277 g/mol. The van der Waals surface area contributed by atoms with Crippen LogP contribution in [0.5, 0.6) is 0 Å². The maximum absolute atomic E-state index is 11.8. The normalized spacial score (nSPS) is 14.5. The lowest BCUT2D eigenvalue weighted by Crippen LogP contribution is -2.33. The summed E-state index contributed by atoms with van der Waals surface area (Å²) in [5.41, 5.74) is 1.26. The molecule has 4 nitrogen and oxygen atoms in total. The van der Waals surface area contributed by atoms with E-state index in [4.69, 9.17) is 4.74 Å². The molecule has 0 atom stereocenters. The van der Waals surface area contributed by atoms with E-state index in [1.165, 1.54) is 0 Å². The Kier molecular flexibility index (Phi) is 5.93. The molecule has 0 saturated heterocycles. The Hall–Kier alpha value is -1.64. The maximum atomic E-state index is 11.8. The van der Waals surface area contributed by atoms with Crippen LogP contribution in [0, 0.1) is 12.0 Å². The molecule has 0 radical (unpaired) electrons. The van der Waals surface area contributed by atoms with Crippen molar-refractivity contribution >= 4 is 6.09 Å². The molecule has 0 unspecified atom stereocenters. The Morgan fingerprint density at radius 3 is 2.70 bits per heavy atom. The van der Waals surface area contributed by atoms with Gasteiger partial charge in [-0.05, 0) is 33.2 Å². The van der Waals surface area contributed by atoms with E-state index in [0.29, 0.717) is 12.5 Å². The molecule has 1 aliphatic rings. The van der Waals surface area contributed by atoms with Gasteiger partial charge < -0.3 is 10.1 Å². The van der Waals surface area contributed by atoms with Crippen molar-refractivity contribution in [2.75, 3.05) is 13.1 Å². The minimum Gasteiger partial charge on any atom is -0.443 e. The molecule has 0 spiro atoms. The van der Waals surface area contributed by atoms with Crippen molar-refractivity contribution in [2.24, 2.45) is 5.92 Å². The highest BCUT2D eigenvalue weighted by atomic mass is 16.6. The molecule has 1 rings (SSSR count). The zero-order valence-electron chi connectivity index (χ0n) is 13.0. The summed E-state index contributed by atoms with van der Waals surface area (Å²) in [5.74, 6) is 0.590. The Balaban J connectivity index is 2.63. The number of rotatable bonds is 5. The average molecular weight is 277 g/mol. The summed E-state index contributed by atoms with van der Waals surface area (Å²) >= 11 is 0. The van der Waals surface area contributed by atoms with E-state index in [2.05, 4.69) is 30.6 Å². The third-order valence-electron chi connectivity index (χ3n) is 2.46. The highest BCUT2D eigenvalue weighted by molar-refractivity contribution is 5.71. The van der Waals surface area contributed by atoms with E-state index in [1.807, 2.05) is 32.9 Å². The molecule has 0 aromatic carbocycles. The van der Waals surface area contributed by atoms with Crippen molar-refractivity contribution in [3.63, 3.8) is 0 Å². The lowest BCUT2D eigenvalue weighted by atomic mass is 10.1. The predicted molar refractivity (Wildman–Crippen MR) is 81.1 cm³/mol. The lowest BCUT2D eigenvalue weighted by molar-refractivity contribution is 0.0547. The quantitative estimate of drug-likeness (QED) is 0.760. The number of carbonyl (C=O) groups is 1. The van der Waals surface area contributed by atoms with E-state index in [0.717, 1.165) is 17.8 Å². The predicted octanol–water partition coefficient (Wildman–Crippen LogP) is 2.94. The van der Waals surface area contributed by atoms with Crippen LogP contribution in [0.2, 0.25) is 0 Å². The third kappa shape index (κ3) is 6.50. The van der Waals surface area contributed by atoms with Crippen molar-refractivity contribution in [3.8, 4) is 0 Å². The van der Waals surface area contributed by atoms with Crippen molar-refractivity contribution < 1.29 is 9.53 Å². The molecule has 0 aliphatic heterocycles. The van der Waals surface area contributed by atoms with Gasteiger partial charge in [0.2, 0.25) is 0 Å². The molecule has 0 aromatic heterocycles. The standard InChI is InChI=1S/C16H24N2O2/c1-12(2)10-17-11-13-8-6-7-9-14(13)18-15(19)20-16(3,4)5/h6,8-9,12,17H,10-11H2,1-5H3/p+1. The summed E-state index contributed by atoms with van der Waals surface area (Å²) in [5, 5.41) is 6.13. The fraction of sp³-hybridized carbons (Fsp3) is 0.562.